The Hall–Kier alpha value is -1.50. The Balaban J connectivity index is 2.79. The summed E-state index contributed by atoms with van der Waals surface area (Å²) < 4.78 is 0. The van der Waals surface area contributed by atoms with Crippen LogP contribution in [0.1, 0.15) is 6.42 Å². The zero-order valence-corrected chi connectivity index (χ0v) is 7.79. The minimum atomic E-state index is -1.33. The molecule has 0 spiro atoms. The highest BCUT2D eigenvalue weighted by atomic mass is 17.1. The number of hydrogen-bond acceptors (Lipinski definition) is 5. The summed E-state index contributed by atoms with van der Waals surface area (Å²) in [5.74, 6) is -1.46. The molecule has 82 valence electrons. The molecule has 15 heavy (non-hydrogen) atoms. The summed E-state index contributed by atoms with van der Waals surface area (Å²) in [5, 5.41) is 17.3. The molecule has 0 aromatic rings. The number of nitrogens with two attached hydrogens (primary N) is 1. The number of carboxylic acid groups (broad SMARTS) is 1. The first kappa shape index (κ1) is 11.6. The molecule has 6 nitrogen and oxygen atoms in total. The summed E-state index contributed by atoms with van der Waals surface area (Å²) in [6, 6.07) is -1.18. The van der Waals surface area contributed by atoms with Gasteiger partial charge in [-0.25, -0.2) is 4.89 Å². The Morgan fingerprint density at radius 1 is 1.53 bits per heavy atom. The largest absolute Gasteiger partial charge is 0.480 e. The third-order valence-corrected chi connectivity index (χ3v) is 2.09. The minimum Gasteiger partial charge on any atom is -0.480 e. The number of allylic oxidation sites excluding steroid dienone is 2. The normalized spacial score (nSPS) is 20.3. The Bertz CT molecular complexity index is 317. The summed E-state index contributed by atoms with van der Waals surface area (Å²) in [7, 11) is 0. The van der Waals surface area contributed by atoms with Gasteiger partial charge in [0.25, 0.3) is 0 Å². The average molecular weight is 213 g/mol. The van der Waals surface area contributed by atoms with Gasteiger partial charge >= 0.3 is 5.97 Å². The van der Waals surface area contributed by atoms with E-state index in [1.807, 2.05) is 0 Å². The van der Waals surface area contributed by atoms with E-state index < -0.39 is 17.6 Å². The number of aliphatic carboxylic acids is 1. The first-order valence-electron chi connectivity index (χ1n) is 4.22. The van der Waals surface area contributed by atoms with Crippen LogP contribution in [0.3, 0.4) is 0 Å². The number of carboxylic acids is 1. The van der Waals surface area contributed by atoms with E-state index in [1.54, 1.807) is 0 Å². The van der Waals surface area contributed by atoms with Crippen LogP contribution in [0, 0.1) is 0 Å². The van der Waals surface area contributed by atoms with E-state index >= 15 is 0 Å². The third-order valence-electron chi connectivity index (χ3n) is 2.09. The molecular weight excluding hydrogens is 202 g/mol. The van der Waals surface area contributed by atoms with E-state index in [4.69, 9.17) is 16.1 Å². The second kappa shape index (κ2) is 4.35. The molecule has 0 amide bonds. The van der Waals surface area contributed by atoms with Gasteiger partial charge < -0.3 is 10.8 Å². The number of carbonyl (C=O) groups is 2. The standard InChI is InChI=1S/C9H11NO5/c10-7(8(12)13)5-9(15-14)3-1-6(11)2-4-9/h1-4,7,14H,5,10H2,(H,12,13)/t7-/m0/s1. The SMILES string of the molecule is N[C@@H](CC1(OO)C=CC(=O)C=C1)C(=O)O. The van der Waals surface area contributed by atoms with E-state index in [9.17, 15) is 9.59 Å². The van der Waals surface area contributed by atoms with Crippen molar-refractivity contribution in [1.29, 1.82) is 0 Å². The van der Waals surface area contributed by atoms with Gasteiger partial charge in [-0.05, 0) is 24.3 Å². The molecule has 0 saturated heterocycles. The molecule has 0 fully saturated rings. The summed E-state index contributed by atoms with van der Waals surface area (Å²) >= 11 is 0. The van der Waals surface area contributed by atoms with Crippen LogP contribution in [0.5, 0.6) is 0 Å². The molecule has 0 aliphatic heterocycles. The Labute approximate surface area is 85.6 Å². The molecule has 0 heterocycles. The maximum Gasteiger partial charge on any atom is 0.320 e. The van der Waals surface area contributed by atoms with Gasteiger partial charge in [-0.2, -0.15) is 0 Å². The van der Waals surface area contributed by atoms with Gasteiger partial charge in [0.05, 0.1) is 0 Å². The lowest BCUT2D eigenvalue weighted by Crippen LogP contribution is -2.41. The molecule has 0 aromatic carbocycles. The summed E-state index contributed by atoms with van der Waals surface area (Å²) in [5.41, 5.74) is 3.97. The molecule has 0 saturated carbocycles. The van der Waals surface area contributed by atoms with E-state index in [0.29, 0.717) is 0 Å². The fraction of sp³-hybridized carbons (Fsp3) is 0.333. The Morgan fingerprint density at radius 3 is 2.47 bits per heavy atom. The molecule has 1 atom stereocenters. The molecule has 0 unspecified atom stereocenters. The number of hydrogen-bond donors (Lipinski definition) is 3. The van der Waals surface area contributed by atoms with Crippen molar-refractivity contribution in [3.63, 3.8) is 0 Å². The van der Waals surface area contributed by atoms with Gasteiger partial charge in [0, 0.05) is 6.42 Å². The van der Waals surface area contributed by atoms with E-state index in [0.717, 1.165) is 0 Å². The predicted octanol–water partition coefficient (Wildman–Crippen LogP) is -0.288. The molecular formula is C9H11NO5. The second-order valence-electron chi connectivity index (χ2n) is 3.26. The lowest BCUT2D eigenvalue weighted by atomic mass is 9.90. The lowest BCUT2D eigenvalue weighted by Gasteiger charge is -2.26. The van der Waals surface area contributed by atoms with Gasteiger partial charge in [-0.1, -0.05) is 0 Å². The highest BCUT2D eigenvalue weighted by Crippen LogP contribution is 2.23. The van der Waals surface area contributed by atoms with Gasteiger partial charge in [-0.3, -0.25) is 14.8 Å². The van der Waals surface area contributed by atoms with Crippen LogP contribution in [0.4, 0.5) is 0 Å². The van der Waals surface area contributed by atoms with Crippen LogP contribution in [0.2, 0.25) is 0 Å². The van der Waals surface area contributed by atoms with Gasteiger partial charge in [-0.15, -0.1) is 0 Å². The maximum atomic E-state index is 10.8. The summed E-state index contributed by atoms with van der Waals surface area (Å²) in [6.45, 7) is 0. The van der Waals surface area contributed by atoms with Crippen LogP contribution < -0.4 is 5.73 Å². The molecule has 1 rings (SSSR count). The van der Waals surface area contributed by atoms with Crippen LogP contribution in [-0.4, -0.2) is 33.8 Å². The number of ketones is 1. The van der Waals surface area contributed by atoms with Crippen molar-refractivity contribution in [2.75, 3.05) is 0 Å². The van der Waals surface area contributed by atoms with Crippen molar-refractivity contribution in [3.05, 3.63) is 24.3 Å². The van der Waals surface area contributed by atoms with Crippen molar-refractivity contribution >= 4 is 11.8 Å². The van der Waals surface area contributed by atoms with Crippen LogP contribution in [-0.2, 0) is 14.5 Å². The molecule has 1 aliphatic carbocycles. The fourth-order valence-electron chi connectivity index (χ4n) is 1.22. The monoisotopic (exact) mass is 213 g/mol. The van der Waals surface area contributed by atoms with Crippen LogP contribution >= 0.6 is 0 Å². The predicted molar refractivity (Wildman–Crippen MR) is 50.0 cm³/mol. The molecule has 0 bridgehead atoms. The van der Waals surface area contributed by atoms with Gasteiger partial charge in [0.15, 0.2) is 5.78 Å². The first-order valence-corrected chi connectivity index (χ1v) is 4.22. The highest BCUT2D eigenvalue weighted by molar-refractivity contribution is 6.00. The maximum absolute atomic E-state index is 10.8. The zero-order valence-electron chi connectivity index (χ0n) is 7.79. The summed E-state index contributed by atoms with van der Waals surface area (Å²) in [4.78, 5) is 25.5. The number of carbonyl (C=O) groups excluding carboxylic acids is 1. The Morgan fingerprint density at radius 2 is 2.07 bits per heavy atom. The second-order valence-corrected chi connectivity index (χ2v) is 3.26. The topological polar surface area (TPSA) is 110 Å². The summed E-state index contributed by atoms with van der Waals surface area (Å²) in [6.07, 6.45) is 4.77. The smallest absolute Gasteiger partial charge is 0.320 e. The van der Waals surface area contributed by atoms with Gasteiger partial charge in [0.1, 0.15) is 11.6 Å². The zero-order chi connectivity index (χ0) is 11.5. The molecule has 4 N–H and O–H groups in total. The molecule has 6 heteroatoms. The molecule has 0 aromatic heterocycles. The molecule has 1 aliphatic rings. The first-order chi connectivity index (χ1) is 6.99. The van der Waals surface area contributed by atoms with Crippen LogP contribution in [0.25, 0.3) is 0 Å². The lowest BCUT2D eigenvalue weighted by molar-refractivity contribution is -0.295. The van der Waals surface area contributed by atoms with E-state index in [2.05, 4.69) is 4.89 Å². The molecule has 0 radical (unpaired) electrons. The van der Waals surface area contributed by atoms with Crippen molar-refractivity contribution < 1.29 is 24.8 Å². The highest BCUT2D eigenvalue weighted by Gasteiger charge is 2.33. The van der Waals surface area contributed by atoms with E-state index in [1.165, 1.54) is 24.3 Å². The van der Waals surface area contributed by atoms with Crippen molar-refractivity contribution in [3.8, 4) is 0 Å². The average Bonchev–Trinajstić information content (AvgIpc) is 2.21. The third kappa shape index (κ3) is 2.72. The van der Waals surface area contributed by atoms with Crippen LogP contribution in [0.15, 0.2) is 24.3 Å². The number of rotatable bonds is 4. The van der Waals surface area contributed by atoms with Gasteiger partial charge in [0.2, 0.25) is 0 Å². The van der Waals surface area contributed by atoms with Crippen molar-refractivity contribution in [1.82, 2.24) is 0 Å². The van der Waals surface area contributed by atoms with Crippen molar-refractivity contribution in [2.24, 2.45) is 5.73 Å². The minimum absolute atomic E-state index is 0.154. The Kier molecular flexibility index (Phi) is 3.35. The van der Waals surface area contributed by atoms with E-state index in [-0.39, 0.29) is 12.2 Å². The van der Waals surface area contributed by atoms with Crippen molar-refractivity contribution in [2.45, 2.75) is 18.1 Å². The fourth-order valence-corrected chi connectivity index (χ4v) is 1.22. The quantitative estimate of drug-likeness (QED) is 0.437.